The first-order valence-electron chi connectivity index (χ1n) is 6.64. The molecule has 1 aromatic carbocycles. The first-order valence-corrected chi connectivity index (χ1v) is 7.63. The molecule has 6 heteroatoms. The number of rotatable bonds is 2. The molecule has 0 aliphatic carbocycles. The van der Waals surface area contributed by atoms with E-state index in [-0.39, 0.29) is 47.2 Å². The van der Waals surface area contributed by atoms with Crippen LogP contribution in [0.4, 0.5) is 5.69 Å². The van der Waals surface area contributed by atoms with Crippen molar-refractivity contribution >= 4 is 34.7 Å². The predicted molar refractivity (Wildman–Crippen MR) is 88.1 cm³/mol. The van der Waals surface area contributed by atoms with Gasteiger partial charge in [0.05, 0.1) is 5.75 Å². The normalized spacial score (nSPS) is 13.9. The smallest absolute Gasteiger partial charge is 0.236 e. The molecule has 1 aromatic rings. The summed E-state index contributed by atoms with van der Waals surface area (Å²) in [6.45, 7) is 7.94. The number of aliphatic imine (C=N–C) groups is 1. The van der Waals surface area contributed by atoms with Crippen molar-refractivity contribution in [3.05, 3.63) is 29.8 Å². The second-order valence-electron chi connectivity index (χ2n) is 3.62. The minimum atomic E-state index is 0. The van der Waals surface area contributed by atoms with Gasteiger partial charge in [-0.15, -0.1) is 6.07 Å². The Balaban J connectivity index is 0. The maximum atomic E-state index is 10.9. The van der Waals surface area contributed by atoms with Crippen LogP contribution in [-0.4, -0.2) is 23.0 Å². The van der Waals surface area contributed by atoms with Crippen molar-refractivity contribution < 1.29 is 46.1 Å². The van der Waals surface area contributed by atoms with E-state index in [2.05, 4.69) is 16.4 Å². The molecule has 1 aliphatic heterocycles. The van der Waals surface area contributed by atoms with Crippen LogP contribution in [-0.2, 0) is 4.79 Å². The Morgan fingerprint density at radius 3 is 2.57 bits per heavy atom. The van der Waals surface area contributed by atoms with Gasteiger partial charge in [-0.2, -0.15) is 23.8 Å². The molecule has 1 aliphatic rings. The fourth-order valence-electron chi connectivity index (χ4n) is 1.12. The molecule has 2 rings (SSSR count). The van der Waals surface area contributed by atoms with Gasteiger partial charge in [0.2, 0.25) is 5.91 Å². The van der Waals surface area contributed by atoms with Gasteiger partial charge < -0.3 is 10.7 Å². The minimum Gasteiger partial charge on any atom is -0.313 e. The molecule has 113 valence electrons. The summed E-state index contributed by atoms with van der Waals surface area (Å²) in [5.74, 6) is 0.478. The molecule has 1 heterocycles. The number of nitrogens with one attached hydrogen (secondary N) is 2. The average Bonchev–Trinajstić information content (AvgIpc) is 2.87. The Bertz CT molecular complexity index is 464. The number of nitrogens with zero attached hydrogens (tertiary/aromatic N) is 1. The summed E-state index contributed by atoms with van der Waals surface area (Å²) < 4.78 is 0. The number of hydrogen-bond donors (Lipinski definition) is 2. The number of amidine groups is 1. The third-order valence-electron chi connectivity index (χ3n) is 1.95. The third-order valence-corrected chi connectivity index (χ3v) is 2.83. The number of carbonyl (C=O) groups is 1. The molecule has 1 radical (unpaired) electrons. The summed E-state index contributed by atoms with van der Waals surface area (Å²) in [5.41, 5.74) is 1.90. The molecule has 0 bridgehead atoms. The Kier molecular flexibility index (Phi) is 16.1. The summed E-state index contributed by atoms with van der Waals surface area (Å²) in [7, 11) is 0. The molecule has 0 spiro atoms. The Morgan fingerprint density at radius 2 is 2.14 bits per heavy atom. The maximum Gasteiger partial charge on any atom is 0.236 e. The van der Waals surface area contributed by atoms with Crippen molar-refractivity contribution in [1.29, 1.82) is 5.41 Å². The number of amides is 1. The van der Waals surface area contributed by atoms with Crippen molar-refractivity contribution in [2.45, 2.75) is 34.1 Å². The van der Waals surface area contributed by atoms with Crippen LogP contribution in [0.1, 0.15) is 32.8 Å². The molecule has 0 atom stereocenters. The molecule has 0 aromatic heterocycles. The Labute approximate surface area is 165 Å². The van der Waals surface area contributed by atoms with Gasteiger partial charge in [-0.05, 0) is 18.3 Å². The monoisotopic (exact) mass is 433 g/mol. The van der Waals surface area contributed by atoms with E-state index in [0.29, 0.717) is 10.9 Å². The average molecular weight is 433 g/mol. The van der Waals surface area contributed by atoms with Gasteiger partial charge in [0.15, 0.2) is 5.17 Å². The summed E-state index contributed by atoms with van der Waals surface area (Å²) >= 11 is 1.42. The Morgan fingerprint density at radius 1 is 1.52 bits per heavy atom. The molecular weight excluding hydrogens is 411 g/mol. The summed E-state index contributed by atoms with van der Waals surface area (Å²) in [4.78, 5) is 15.1. The standard InChI is InChI=1S/C10H9N2OS.C3H7N.C2H6.Pr/c1-7-3-2-4-8(5-7)11-10-12-9(13)6-14-10;1-2-3-4;1-2;/h2-3,5H,6H2,1H3,(H,11,12,13);3-4H,2H2,1H3;1-2H3;/q-1;;;. The topological polar surface area (TPSA) is 65.3 Å². The van der Waals surface area contributed by atoms with Gasteiger partial charge in [0.25, 0.3) is 0 Å². The third kappa shape index (κ3) is 11.0. The van der Waals surface area contributed by atoms with E-state index >= 15 is 0 Å². The zero-order valence-corrected chi connectivity index (χ0v) is 17.6. The molecule has 2 N–H and O–H groups in total. The maximum absolute atomic E-state index is 10.9. The van der Waals surface area contributed by atoms with Crippen LogP contribution in [0.25, 0.3) is 0 Å². The van der Waals surface area contributed by atoms with Crippen molar-refractivity contribution in [1.82, 2.24) is 5.32 Å². The van der Waals surface area contributed by atoms with Crippen molar-refractivity contribution in [2.75, 3.05) is 5.75 Å². The van der Waals surface area contributed by atoms with Gasteiger partial charge in [-0.3, -0.25) is 9.79 Å². The van der Waals surface area contributed by atoms with Crippen LogP contribution in [0.3, 0.4) is 0 Å². The molecule has 1 fully saturated rings. The van der Waals surface area contributed by atoms with Crippen molar-refractivity contribution in [2.24, 2.45) is 4.99 Å². The van der Waals surface area contributed by atoms with E-state index < -0.39 is 0 Å². The molecule has 4 nitrogen and oxygen atoms in total. The van der Waals surface area contributed by atoms with Crippen molar-refractivity contribution in [3.63, 3.8) is 0 Å². The van der Waals surface area contributed by atoms with E-state index in [1.54, 1.807) is 0 Å². The molecule has 1 amide bonds. The molecular formula is C15H22N3OPrS-. The van der Waals surface area contributed by atoms with E-state index in [0.717, 1.165) is 17.7 Å². The van der Waals surface area contributed by atoms with E-state index in [1.165, 1.54) is 18.0 Å². The van der Waals surface area contributed by atoms with Gasteiger partial charge in [0.1, 0.15) is 0 Å². The molecule has 21 heavy (non-hydrogen) atoms. The van der Waals surface area contributed by atoms with Crippen molar-refractivity contribution in [3.8, 4) is 0 Å². The van der Waals surface area contributed by atoms with Crippen LogP contribution >= 0.6 is 11.8 Å². The molecule has 0 saturated carbocycles. The second kappa shape index (κ2) is 14.7. The van der Waals surface area contributed by atoms with E-state index in [4.69, 9.17) is 5.41 Å². The second-order valence-corrected chi connectivity index (χ2v) is 4.58. The zero-order valence-electron chi connectivity index (χ0n) is 13.1. The van der Waals surface area contributed by atoms with Crippen LogP contribution in [0, 0.1) is 59.7 Å². The number of aryl methyl sites for hydroxylation is 1. The summed E-state index contributed by atoms with van der Waals surface area (Å²) in [5, 5.41) is 9.67. The summed E-state index contributed by atoms with van der Waals surface area (Å²) in [6, 6.07) is 8.72. The minimum absolute atomic E-state index is 0. The SMILES string of the molecule is CC.CCC=N.Cc1cc[c-]c(N=C2NC(=O)CS2)c1.[Pr]. The molecule has 1 saturated heterocycles. The van der Waals surface area contributed by atoms with Crippen LogP contribution in [0.2, 0.25) is 0 Å². The van der Waals surface area contributed by atoms with Gasteiger partial charge in [-0.1, -0.05) is 39.5 Å². The Hall–Kier alpha value is -0.256. The van der Waals surface area contributed by atoms with Crippen LogP contribution < -0.4 is 5.32 Å². The largest absolute Gasteiger partial charge is 0.313 e. The number of hydrogen-bond acceptors (Lipinski definition) is 4. The predicted octanol–water partition coefficient (Wildman–Crippen LogP) is 3.72. The van der Waals surface area contributed by atoms with E-state index in [9.17, 15) is 4.79 Å². The van der Waals surface area contributed by atoms with Gasteiger partial charge in [-0.25, -0.2) is 0 Å². The fourth-order valence-corrected chi connectivity index (χ4v) is 1.81. The summed E-state index contributed by atoms with van der Waals surface area (Å²) in [6.07, 6.45) is 2.24. The number of carbonyl (C=O) groups excluding carboxylic acids is 1. The van der Waals surface area contributed by atoms with Crippen LogP contribution in [0.15, 0.2) is 23.2 Å². The number of thioether (sulfide) groups is 1. The first-order chi connectivity index (χ1) is 9.65. The van der Waals surface area contributed by atoms with Gasteiger partial charge in [0, 0.05) is 41.3 Å². The molecule has 0 unspecified atom stereocenters. The first kappa shape index (κ1) is 23.0. The van der Waals surface area contributed by atoms with E-state index in [1.807, 2.05) is 45.9 Å². The quantitative estimate of drug-likeness (QED) is 0.552. The van der Waals surface area contributed by atoms with Gasteiger partial charge >= 0.3 is 0 Å². The fraction of sp³-hybridized carbons (Fsp3) is 0.400. The van der Waals surface area contributed by atoms with Crippen LogP contribution in [0.5, 0.6) is 0 Å². The number of benzene rings is 1. The zero-order chi connectivity index (χ0) is 15.4.